The predicted octanol–water partition coefficient (Wildman–Crippen LogP) is 4.69. The Bertz CT molecular complexity index is 457. The van der Waals surface area contributed by atoms with Gasteiger partial charge in [-0.1, -0.05) is 31.7 Å². The average Bonchev–Trinajstić information content (AvgIpc) is 2.69. The third-order valence-corrected chi connectivity index (χ3v) is 4.60. The van der Waals surface area contributed by atoms with Gasteiger partial charge in [-0.05, 0) is 52.9 Å². The largest absolute Gasteiger partial charge is 0.334 e. The number of nitrogens with one attached hydrogen (secondary N) is 1. The Morgan fingerprint density at radius 3 is 2.94 bits per heavy atom. The van der Waals surface area contributed by atoms with Crippen LogP contribution in [0, 0.1) is 12.8 Å². The molecule has 0 saturated carbocycles. The lowest BCUT2D eigenvalue weighted by Gasteiger charge is -2.12. The van der Waals surface area contributed by atoms with E-state index >= 15 is 0 Å². The highest BCUT2D eigenvalue weighted by Crippen LogP contribution is 2.30. The number of amidine groups is 1. The van der Waals surface area contributed by atoms with E-state index in [1.54, 1.807) is 0 Å². The predicted molar refractivity (Wildman–Crippen MR) is 85.6 cm³/mol. The number of aliphatic imine (C=N–C) groups is 1. The fraction of sp³-hybridized carbons (Fsp3) is 0.500. The van der Waals surface area contributed by atoms with E-state index in [0.29, 0.717) is 5.25 Å². The number of halogens is 1. The van der Waals surface area contributed by atoms with Crippen molar-refractivity contribution in [2.75, 3.05) is 11.9 Å². The molecule has 0 saturated heterocycles. The molecular formula is C14H19BrN2S. The minimum absolute atomic E-state index is 0.636. The maximum Gasteiger partial charge on any atom is 0.161 e. The van der Waals surface area contributed by atoms with Crippen LogP contribution >= 0.6 is 27.7 Å². The van der Waals surface area contributed by atoms with Gasteiger partial charge in [-0.25, -0.2) is 0 Å². The van der Waals surface area contributed by atoms with Crippen LogP contribution in [0.1, 0.15) is 25.8 Å². The first kappa shape index (κ1) is 13.9. The van der Waals surface area contributed by atoms with E-state index in [1.165, 1.54) is 12.0 Å². The van der Waals surface area contributed by atoms with Crippen LogP contribution in [-0.2, 0) is 0 Å². The summed E-state index contributed by atoms with van der Waals surface area (Å²) in [7, 11) is 0. The van der Waals surface area contributed by atoms with E-state index in [9.17, 15) is 0 Å². The molecule has 0 radical (unpaired) electrons. The standard InChI is InChI=1S/C14H19BrN2S/c1-9(2)6-11-8-16-14(18-11)17-13-5-4-10(3)7-12(13)15/h4-5,7,9,11H,6,8H2,1-3H3,(H,16,17). The lowest BCUT2D eigenvalue weighted by Crippen LogP contribution is -2.10. The summed E-state index contributed by atoms with van der Waals surface area (Å²) in [4.78, 5) is 4.58. The summed E-state index contributed by atoms with van der Waals surface area (Å²) in [5.41, 5.74) is 2.35. The van der Waals surface area contributed by atoms with Crippen LogP contribution < -0.4 is 5.32 Å². The summed E-state index contributed by atoms with van der Waals surface area (Å²) >= 11 is 5.45. The maximum atomic E-state index is 4.58. The van der Waals surface area contributed by atoms with Crippen LogP contribution in [0.25, 0.3) is 0 Å². The summed E-state index contributed by atoms with van der Waals surface area (Å²) in [6, 6.07) is 6.32. The van der Waals surface area contributed by atoms with E-state index in [-0.39, 0.29) is 0 Å². The summed E-state index contributed by atoms with van der Waals surface area (Å²) in [5, 5.41) is 5.09. The van der Waals surface area contributed by atoms with Gasteiger partial charge in [0.2, 0.25) is 0 Å². The number of hydrogen-bond acceptors (Lipinski definition) is 3. The van der Waals surface area contributed by atoms with Crippen molar-refractivity contribution >= 4 is 38.5 Å². The molecule has 0 fully saturated rings. The second kappa shape index (κ2) is 6.11. The van der Waals surface area contributed by atoms with E-state index in [1.807, 2.05) is 11.8 Å². The van der Waals surface area contributed by atoms with E-state index < -0.39 is 0 Å². The Labute approximate surface area is 122 Å². The number of thioether (sulfide) groups is 1. The molecule has 1 aliphatic heterocycles. The summed E-state index contributed by atoms with van der Waals surface area (Å²) in [6.45, 7) is 7.56. The Hall–Kier alpha value is -0.480. The monoisotopic (exact) mass is 326 g/mol. The Balaban J connectivity index is 1.95. The second-order valence-corrected chi connectivity index (χ2v) is 7.27. The zero-order valence-electron chi connectivity index (χ0n) is 11.0. The van der Waals surface area contributed by atoms with Crippen molar-refractivity contribution in [2.45, 2.75) is 32.4 Å². The Kier molecular flexibility index (Phi) is 4.73. The Morgan fingerprint density at radius 2 is 2.28 bits per heavy atom. The highest BCUT2D eigenvalue weighted by Gasteiger charge is 2.20. The fourth-order valence-corrected chi connectivity index (χ4v) is 3.83. The third-order valence-electron chi connectivity index (χ3n) is 2.82. The molecule has 1 atom stereocenters. The Morgan fingerprint density at radius 1 is 1.50 bits per heavy atom. The molecule has 1 aromatic carbocycles. The molecule has 0 aliphatic carbocycles. The lowest BCUT2D eigenvalue weighted by molar-refractivity contribution is 0.575. The van der Waals surface area contributed by atoms with Gasteiger partial charge in [-0.3, -0.25) is 4.99 Å². The highest BCUT2D eigenvalue weighted by molar-refractivity contribution is 9.10. The number of aryl methyl sites for hydroxylation is 1. The molecule has 4 heteroatoms. The molecule has 2 rings (SSSR count). The van der Waals surface area contributed by atoms with Crippen LogP contribution in [0.5, 0.6) is 0 Å². The zero-order chi connectivity index (χ0) is 13.1. The smallest absolute Gasteiger partial charge is 0.161 e. The maximum absolute atomic E-state index is 4.58. The van der Waals surface area contributed by atoms with E-state index in [4.69, 9.17) is 0 Å². The first-order chi connectivity index (χ1) is 8.54. The number of hydrogen-bond donors (Lipinski definition) is 1. The average molecular weight is 327 g/mol. The number of nitrogens with zero attached hydrogens (tertiary/aromatic N) is 1. The van der Waals surface area contributed by atoms with Gasteiger partial charge in [0.05, 0.1) is 12.2 Å². The molecule has 1 aromatic rings. The van der Waals surface area contributed by atoms with Gasteiger partial charge in [0, 0.05) is 9.72 Å². The van der Waals surface area contributed by atoms with Crippen LogP contribution in [0.15, 0.2) is 27.7 Å². The molecule has 0 amide bonds. The van der Waals surface area contributed by atoms with Gasteiger partial charge >= 0.3 is 0 Å². The van der Waals surface area contributed by atoms with Crippen molar-refractivity contribution in [3.63, 3.8) is 0 Å². The third kappa shape index (κ3) is 3.75. The first-order valence-corrected chi connectivity index (χ1v) is 7.96. The quantitative estimate of drug-likeness (QED) is 0.871. The summed E-state index contributed by atoms with van der Waals surface area (Å²) < 4.78 is 1.10. The SMILES string of the molecule is Cc1ccc(NC2=NCC(CC(C)C)S2)c(Br)c1. The topological polar surface area (TPSA) is 24.4 Å². The molecule has 1 heterocycles. The van der Waals surface area contributed by atoms with Crippen molar-refractivity contribution in [2.24, 2.45) is 10.9 Å². The van der Waals surface area contributed by atoms with Crippen molar-refractivity contribution in [1.29, 1.82) is 0 Å². The number of rotatable bonds is 3. The van der Waals surface area contributed by atoms with Crippen molar-refractivity contribution < 1.29 is 0 Å². The van der Waals surface area contributed by atoms with Crippen LogP contribution in [0.3, 0.4) is 0 Å². The van der Waals surface area contributed by atoms with Crippen molar-refractivity contribution in [3.05, 3.63) is 28.2 Å². The van der Waals surface area contributed by atoms with Gasteiger partial charge < -0.3 is 5.32 Å². The molecule has 1 unspecified atom stereocenters. The van der Waals surface area contributed by atoms with Crippen LogP contribution in [-0.4, -0.2) is 17.0 Å². The summed E-state index contributed by atoms with van der Waals surface area (Å²) in [6.07, 6.45) is 1.23. The van der Waals surface area contributed by atoms with Crippen molar-refractivity contribution in [3.8, 4) is 0 Å². The minimum Gasteiger partial charge on any atom is -0.334 e. The van der Waals surface area contributed by atoms with E-state index in [0.717, 1.165) is 27.8 Å². The second-order valence-electron chi connectivity index (χ2n) is 5.12. The first-order valence-electron chi connectivity index (χ1n) is 6.29. The van der Waals surface area contributed by atoms with Gasteiger partial charge in [0.25, 0.3) is 0 Å². The molecule has 1 aliphatic rings. The van der Waals surface area contributed by atoms with Gasteiger partial charge in [0.1, 0.15) is 0 Å². The molecule has 2 nitrogen and oxygen atoms in total. The van der Waals surface area contributed by atoms with Gasteiger partial charge in [-0.15, -0.1) is 0 Å². The normalized spacial score (nSPS) is 19.2. The zero-order valence-corrected chi connectivity index (χ0v) is 13.4. The van der Waals surface area contributed by atoms with Gasteiger partial charge in [0.15, 0.2) is 5.17 Å². The van der Waals surface area contributed by atoms with Gasteiger partial charge in [-0.2, -0.15) is 0 Å². The van der Waals surface area contributed by atoms with Crippen LogP contribution in [0.2, 0.25) is 0 Å². The van der Waals surface area contributed by atoms with E-state index in [2.05, 4.69) is 65.2 Å². The lowest BCUT2D eigenvalue weighted by atomic mass is 10.1. The van der Waals surface area contributed by atoms with Crippen molar-refractivity contribution in [1.82, 2.24) is 0 Å². The number of anilines is 1. The fourth-order valence-electron chi connectivity index (χ4n) is 1.97. The highest BCUT2D eigenvalue weighted by atomic mass is 79.9. The summed E-state index contributed by atoms with van der Waals surface area (Å²) in [5.74, 6) is 0.739. The molecule has 1 N–H and O–H groups in total. The molecule has 0 spiro atoms. The molecule has 18 heavy (non-hydrogen) atoms. The number of benzene rings is 1. The van der Waals surface area contributed by atoms with Crippen LogP contribution in [0.4, 0.5) is 5.69 Å². The molecule has 0 bridgehead atoms. The molecule has 98 valence electrons. The minimum atomic E-state index is 0.636. The molecular weight excluding hydrogens is 308 g/mol. The molecule has 0 aromatic heterocycles.